The molecule has 0 saturated heterocycles. The van der Waals surface area contributed by atoms with Gasteiger partial charge in [0.2, 0.25) is 0 Å². The van der Waals surface area contributed by atoms with Gasteiger partial charge in [0.15, 0.2) is 12.2 Å². The van der Waals surface area contributed by atoms with Crippen molar-refractivity contribution < 1.29 is 80.2 Å². The molecular formula is C66H128O17P2. The Hall–Kier alpha value is -1.94. The first kappa shape index (κ1) is 83.1. The van der Waals surface area contributed by atoms with Crippen molar-refractivity contribution in [2.75, 3.05) is 39.6 Å². The Morgan fingerprint density at radius 3 is 0.894 bits per heavy atom. The third-order valence-electron chi connectivity index (χ3n) is 15.6. The summed E-state index contributed by atoms with van der Waals surface area (Å²) in [5.74, 6) is -0.624. The number of rotatable bonds is 65. The molecule has 0 rings (SSSR count). The summed E-state index contributed by atoms with van der Waals surface area (Å²) in [5.41, 5.74) is 0. The van der Waals surface area contributed by atoms with Crippen LogP contribution in [0, 0.1) is 11.8 Å². The van der Waals surface area contributed by atoms with E-state index in [9.17, 15) is 43.2 Å². The number of aliphatic hydroxyl groups excluding tert-OH is 1. The molecule has 0 fully saturated rings. The zero-order chi connectivity index (χ0) is 62.9. The van der Waals surface area contributed by atoms with Crippen molar-refractivity contribution in [1.82, 2.24) is 0 Å². The summed E-state index contributed by atoms with van der Waals surface area (Å²) in [6, 6.07) is 0. The number of phosphoric ester groups is 2. The number of unbranched alkanes of at least 4 members (excludes halogenated alkanes) is 34. The first-order chi connectivity index (χ1) is 40.9. The van der Waals surface area contributed by atoms with Crippen LogP contribution in [0.3, 0.4) is 0 Å². The van der Waals surface area contributed by atoms with Crippen molar-refractivity contribution in [1.29, 1.82) is 0 Å². The van der Waals surface area contributed by atoms with Gasteiger partial charge in [0, 0.05) is 25.7 Å². The number of aliphatic hydroxyl groups is 1. The number of ether oxygens (including phenoxy) is 4. The number of phosphoric acid groups is 2. The highest BCUT2D eigenvalue weighted by Crippen LogP contribution is 2.45. The van der Waals surface area contributed by atoms with Crippen LogP contribution in [-0.4, -0.2) is 96.7 Å². The monoisotopic (exact) mass is 1250 g/mol. The predicted octanol–water partition coefficient (Wildman–Crippen LogP) is 18.4. The topological polar surface area (TPSA) is 237 Å². The quantitative estimate of drug-likeness (QED) is 0.0222. The SMILES string of the molecule is CCCCCCCCCCCCC(=O)OC[C@H](COP(=O)(O)OC[C@H](O)COP(=O)(O)OC[C@@H](COC(=O)CCCCCCCCC(C)CC)OC(=O)CCCCCCCCCCCCCCC(C)C)OC(=O)CCCCCCCCCCCC. The van der Waals surface area contributed by atoms with E-state index in [-0.39, 0.29) is 25.7 Å². The van der Waals surface area contributed by atoms with Gasteiger partial charge in [-0.05, 0) is 37.5 Å². The van der Waals surface area contributed by atoms with Gasteiger partial charge in [0.25, 0.3) is 0 Å². The van der Waals surface area contributed by atoms with E-state index in [1.807, 2.05) is 0 Å². The van der Waals surface area contributed by atoms with Gasteiger partial charge in [0.05, 0.1) is 26.4 Å². The van der Waals surface area contributed by atoms with E-state index < -0.39 is 97.5 Å². The minimum absolute atomic E-state index is 0.106. The van der Waals surface area contributed by atoms with E-state index in [1.165, 1.54) is 141 Å². The van der Waals surface area contributed by atoms with Crippen molar-refractivity contribution >= 4 is 39.5 Å². The van der Waals surface area contributed by atoms with Crippen LogP contribution >= 0.6 is 15.6 Å². The Morgan fingerprint density at radius 2 is 0.600 bits per heavy atom. The lowest BCUT2D eigenvalue weighted by Gasteiger charge is -2.21. The minimum atomic E-state index is -4.95. The average molecular weight is 1260 g/mol. The summed E-state index contributed by atoms with van der Waals surface area (Å²) >= 11 is 0. The molecule has 3 unspecified atom stereocenters. The molecule has 0 aromatic heterocycles. The number of carbonyl (C=O) groups is 4. The molecule has 85 heavy (non-hydrogen) atoms. The first-order valence-corrected chi connectivity index (χ1v) is 37.5. The maximum Gasteiger partial charge on any atom is 0.472 e. The van der Waals surface area contributed by atoms with Crippen molar-refractivity contribution in [3.8, 4) is 0 Å². The van der Waals surface area contributed by atoms with E-state index in [0.29, 0.717) is 25.7 Å². The van der Waals surface area contributed by atoms with Crippen LogP contribution in [0.5, 0.6) is 0 Å². The van der Waals surface area contributed by atoms with Crippen molar-refractivity contribution in [2.45, 2.75) is 349 Å². The van der Waals surface area contributed by atoms with Crippen molar-refractivity contribution in [3.05, 3.63) is 0 Å². The molecule has 0 heterocycles. The molecule has 17 nitrogen and oxygen atoms in total. The normalized spacial score (nSPS) is 14.6. The molecule has 0 amide bonds. The molecule has 0 aliphatic carbocycles. The predicted molar refractivity (Wildman–Crippen MR) is 340 cm³/mol. The minimum Gasteiger partial charge on any atom is -0.462 e. The third kappa shape index (κ3) is 59.5. The van der Waals surface area contributed by atoms with E-state index in [0.717, 1.165) is 108 Å². The van der Waals surface area contributed by atoms with Gasteiger partial charge in [0.1, 0.15) is 19.3 Å². The number of esters is 4. The van der Waals surface area contributed by atoms with Gasteiger partial charge in [-0.3, -0.25) is 37.3 Å². The van der Waals surface area contributed by atoms with E-state index >= 15 is 0 Å². The fraction of sp³-hybridized carbons (Fsp3) is 0.939. The first-order valence-electron chi connectivity index (χ1n) is 34.5. The fourth-order valence-corrected chi connectivity index (χ4v) is 11.4. The van der Waals surface area contributed by atoms with Gasteiger partial charge in [-0.25, -0.2) is 9.13 Å². The van der Waals surface area contributed by atoms with Crippen LogP contribution in [0.25, 0.3) is 0 Å². The molecule has 0 aromatic rings. The van der Waals surface area contributed by atoms with Crippen LogP contribution in [0.15, 0.2) is 0 Å². The standard InChI is InChI=1S/C66H128O17P2/c1-7-10-12-14-16-18-25-29-36-42-48-63(68)76-54-61(82-65(70)50-44-38-30-26-19-17-15-13-11-8-2)56-80-84(72,73)78-52-60(67)53-79-85(74,75)81-57-62(55-77-64(69)49-43-37-33-32-35-41-47-59(6)9-3)83-66(71)51-45-39-31-27-23-21-20-22-24-28-34-40-46-58(4)5/h58-62,67H,7-57H2,1-6H3,(H,72,73)(H,74,75)/t59?,60-,61+,62+/m0/s1. The lowest BCUT2D eigenvalue weighted by atomic mass is 10.00. The van der Waals surface area contributed by atoms with Gasteiger partial charge >= 0.3 is 39.5 Å². The largest absolute Gasteiger partial charge is 0.472 e. The average Bonchev–Trinajstić information content (AvgIpc) is 3.62. The van der Waals surface area contributed by atoms with Crippen LogP contribution in [0.1, 0.15) is 330 Å². The summed E-state index contributed by atoms with van der Waals surface area (Å²) < 4.78 is 68.1. The molecule has 6 atom stereocenters. The highest BCUT2D eigenvalue weighted by molar-refractivity contribution is 7.47. The molecule has 0 bridgehead atoms. The lowest BCUT2D eigenvalue weighted by molar-refractivity contribution is -0.161. The molecule has 0 aromatic carbocycles. The fourth-order valence-electron chi connectivity index (χ4n) is 9.85. The second-order valence-corrected chi connectivity index (χ2v) is 27.5. The summed E-state index contributed by atoms with van der Waals surface area (Å²) in [6.07, 6.45) is 41.6. The van der Waals surface area contributed by atoms with Crippen LogP contribution in [0.4, 0.5) is 0 Å². The summed E-state index contributed by atoms with van der Waals surface area (Å²) in [6.45, 7) is 9.47. The molecule has 0 radical (unpaired) electrons. The molecule has 504 valence electrons. The lowest BCUT2D eigenvalue weighted by Crippen LogP contribution is -2.30. The summed E-state index contributed by atoms with van der Waals surface area (Å²) in [5, 5.41) is 10.5. The molecule has 3 N–H and O–H groups in total. The summed E-state index contributed by atoms with van der Waals surface area (Å²) in [4.78, 5) is 72.3. The molecule has 19 heteroatoms. The Kier molecular flexibility index (Phi) is 57.1. The number of hydrogen-bond acceptors (Lipinski definition) is 15. The molecule has 0 saturated carbocycles. The zero-order valence-corrected chi connectivity index (χ0v) is 56.7. The molecular weight excluding hydrogens is 1130 g/mol. The maximum atomic E-state index is 13.0. The Balaban J connectivity index is 5.23. The second kappa shape index (κ2) is 58.4. The highest BCUT2D eigenvalue weighted by Gasteiger charge is 2.30. The molecule has 0 spiro atoms. The molecule has 0 aliphatic heterocycles. The van der Waals surface area contributed by atoms with Gasteiger partial charge < -0.3 is 33.8 Å². The Morgan fingerprint density at radius 1 is 0.341 bits per heavy atom. The van der Waals surface area contributed by atoms with Crippen molar-refractivity contribution in [3.63, 3.8) is 0 Å². The highest BCUT2D eigenvalue weighted by atomic mass is 31.2. The molecule has 0 aliphatic rings. The van der Waals surface area contributed by atoms with E-state index in [1.54, 1.807) is 0 Å². The Labute approximate surface area is 517 Å². The van der Waals surface area contributed by atoms with E-state index in [4.69, 9.17) is 37.0 Å². The van der Waals surface area contributed by atoms with Crippen LogP contribution in [-0.2, 0) is 65.4 Å². The maximum absolute atomic E-state index is 13.0. The Bertz CT molecular complexity index is 1670. The number of hydrogen-bond donors (Lipinski definition) is 3. The van der Waals surface area contributed by atoms with Gasteiger partial charge in [-0.2, -0.15) is 0 Å². The smallest absolute Gasteiger partial charge is 0.462 e. The second-order valence-electron chi connectivity index (χ2n) is 24.6. The zero-order valence-electron chi connectivity index (χ0n) is 54.9. The van der Waals surface area contributed by atoms with Gasteiger partial charge in [-0.15, -0.1) is 0 Å². The van der Waals surface area contributed by atoms with Gasteiger partial charge in [-0.1, -0.05) is 279 Å². The third-order valence-corrected chi connectivity index (χ3v) is 17.5. The van der Waals surface area contributed by atoms with Crippen molar-refractivity contribution in [2.24, 2.45) is 11.8 Å². The summed E-state index contributed by atoms with van der Waals surface area (Å²) in [7, 11) is -9.89. The number of carbonyl (C=O) groups excluding carboxylic acids is 4. The van der Waals surface area contributed by atoms with Crippen LogP contribution in [0.2, 0.25) is 0 Å². The van der Waals surface area contributed by atoms with E-state index in [2.05, 4.69) is 41.5 Å². The van der Waals surface area contributed by atoms with Crippen LogP contribution < -0.4 is 0 Å².